The summed E-state index contributed by atoms with van der Waals surface area (Å²) >= 11 is 0. The molecule has 7 nitrogen and oxygen atoms in total. The Bertz CT molecular complexity index is 1060. The van der Waals surface area contributed by atoms with Crippen molar-refractivity contribution in [2.24, 2.45) is 0 Å². The third-order valence-electron chi connectivity index (χ3n) is 5.73. The van der Waals surface area contributed by atoms with Gasteiger partial charge in [-0.1, -0.05) is 48.5 Å². The van der Waals surface area contributed by atoms with Crippen LogP contribution in [0.4, 0.5) is 18.0 Å². The molecule has 0 aliphatic carbocycles. The monoisotopic (exact) mass is 431 g/mol. The first-order chi connectivity index (χ1) is 14.8. The van der Waals surface area contributed by atoms with Gasteiger partial charge in [0.1, 0.15) is 0 Å². The first kappa shape index (κ1) is 20.8. The highest BCUT2D eigenvalue weighted by Crippen LogP contribution is 2.40. The lowest BCUT2D eigenvalue weighted by atomic mass is 9.72. The van der Waals surface area contributed by atoms with Crippen LogP contribution in [0.25, 0.3) is 0 Å². The molecule has 1 saturated heterocycles. The summed E-state index contributed by atoms with van der Waals surface area (Å²) in [5.74, 6) is 0.383. The molecule has 2 aromatic carbocycles. The second-order valence-corrected chi connectivity index (χ2v) is 7.52. The summed E-state index contributed by atoms with van der Waals surface area (Å²) in [6.07, 6.45) is -4.56. The van der Waals surface area contributed by atoms with Gasteiger partial charge in [-0.2, -0.15) is 18.0 Å². The van der Waals surface area contributed by atoms with Gasteiger partial charge in [0.2, 0.25) is 0 Å². The van der Waals surface area contributed by atoms with Gasteiger partial charge in [-0.15, -0.1) is 10.2 Å². The molecule has 0 bridgehead atoms. The number of hydrogen-bond donors (Lipinski definition) is 1. The van der Waals surface area contributed by atoms with Gasteiger partial charge in [0.05, 0.1) is 17.5 Å². The fourth-order valence-electron chi connectivity index (χ4n) is 4.07. The molecule has 4 rings (SSSR count). The van der Waals surface area contributed by atoms with Crippen molar-refractivity contribution in [2.45, 2.75) is 31.0 Å². The number of carbonyl (C=O) groups is 1. The van der Waals surface area contributed by atoms with Crippen molar-refractivity contribution in [1.29, 1.82) is 0 Å². The largest absolute Gasteiger partial charge is 0.465 e. The van der Waals surface area contributed by atoms with Crippen molar-refractivity contribution in [3.63, 3.8) is 0 Å². The van der Waals surface area contributed by atoms with E-state index >= 15 is 0 Å². The van der Waals surface area contributed by atoms with Gasteiger partial charge in [-0.05, 0) is 35.2 Å². The van der Waals surface area contributed by atoms with Crippen molar-refractivity contribution < 1.29 is 23.1 Å². The van der Waals surface area contributed by atoms with Crippen LogP contribution < -0.4 is 0 Å². The van der Waals surface area contributed by atoms with Crippen LogP contribution in [0.5, 0.6) is 0 Å². The molecule has 1 aliphatic rings. The first-order valence-electron chi connectivity index (χ1n) is 9.76. The molecule has 3 aromatic rings. The molecule has 0 radical (unpaired) electrons. The third kappa shape index (κ3) is 4.10. The predicted molar refractivity (Wildman–Crippen MR) is 104 cm³/mol. The molecule has 1 aliphatic heterocycles. The molecule has 1 fully saturated rings. The van der Waals surface area contributed by atoms with Gasteiger partial charge in [-0.25, -0.2) is 4.79 Å². The lowest BCUT2D eigenvalue weighted by Crippen LogP contribution is -2.45. The highest BCUT2D eigenvalue weighted by atomic mass is 19.4. The summed E-state index contributed by atoms with van der Waals surface area (Å²) in [5, 5.41) is 21.9. The lowest BCUT2D eigenvalue weighted by Gasteiger charge is -2.39. The van der Waals surface area contributed by atoms with Crippen LogP contribution >= 0.6 is 0 Å². The van der Waals surface area contributed by atoms with Gasteiger partial charge in [0.15, 0.2) is 5.82 Å². The summed E-state index contributed by atoms with van der Waals surface area (Å²) in [6.45, 7) is 0.431. The van der Waals surface area contributed by atoms with E-state index in [0.717, 1.165) is 16.4 Å². The van der Waals surface area contributed by atoms with E-state index in [9.17, 15) is 23.1 Å². The number of amides is 1. The van der Waals surface area contributed by atoms with E-state index < -0.39 is 23.2 Å². The fraction of sp³-hybridized carbons (Fsp3) is 0.333. The Balaban J connectivity index is 1.66. The normalized spacial score (nSPS) is 16.3. The van der Waals surface area contributed by atoms with Gasteiger partial charge in [-0.3, -0.25) is 0 Å². The van der Waals surface area contributed by atoms with Gasteiger partial charge < -0.3 is 10.0 Å². The number of carboxylic acid groups (broad SMARTS) is 1. The van der Waals surface area contributed by atoms with E-state index in [-0.39, 0.29) is 12.1 Å². The van der Waals surface area contributed by atoms with Crippen molar-refractivity contribution in [3.05, 3.63) is 77.1 Å². The average molecular weight is 431 g/mol. The SMILES string of the molecule is O=C(O)N1CCC(c2ccccc2)(c2nnn(Cc3ccccc3C(F)(F)F)n2)CC1. The van der Waals surface area contributed by atoms with Crippen molar-refractivity contribution >= 4 is 6.09 Å². The minimum Gasteiger partial charge on any atom is -0.465 e. The number of likely N-dealkylation sites (tertiary alicyclic amines) is 1. The first-order valence-corrected chi connectivity index (χ1v) is 9.76. The zero-order valence-electron chi connectivity index (χ0n) is 16.5. The second-order valence-electron chi connectivity index (χ2n) is 7.52. The molecule has 162 valence electrons. The summed E-state index contributed by atoms with van der Waals surface area (Å²) in [6, 6.07) is 14.8. The molecule has 31 heavy (non-hydrogen) atoms. The molecule has 10 heteroatoms. The molecule has 0 unspecified atom stereocenters. The molecular weight excluding hydrogens is 411 g/mol. The number of rotatable bonds is 4. The van der Waals surface area contributed by atoms with E-state index in [0.29, 0.717) is 31.8 Å². The smallest absolute Gasteiger partial charge is 0.416 e. The highest BCUT2D eigenvalue weighted by molar-refractivity contribution is 5.65. The molecule has 0 saturated carbocycles. The Morgan fingerprint density at radius 1 is 1.03 bits per heavy atom. The number of hydrogen-bond acceptors (Lipinski definition) is 4. The molecule has 1 amide bonds. The van der Waals surface area contributed by atoms with Crippen molar-refractivity contribution in [3.8, 4) is 0 Å². The zero-order valence-corrected chi connectivity index (χ0v) is 16.5. The Kier molecular flexibility index (Phi) is 5.38. The van der Waals surface area contributed by atoms with Gasteiger partial charge in [0, 0.05) is 13.1 Å². The molecule has 1 aromatic heterocycles. The standard InChI is InChI=1S/C21H20F3N5O2/c22-21(23,24)17-9-5-4-6-15(17)14-29-26-18(25-27-29)20(16-7-2-1-3-8-16)10-12-28(13-11-20)19(30)31/h1-9H,10-14H2,(H,30,31). The number of nitrogens with zero attached hydrogens (tertiary/aromatic N) is 5. The molecule has 2 heterocycles. The van der Waals surface area contributed by atoms with Crippen molar-refractivity contribution in [2.75, 3.05) is 13.1 Å². The van der Waals surface area contributed by atoms with Crippen LogP contribution in [0.1, 0.15) is 35.4 Å². The zero-order chi connectivity index (χ0) is 22.1. The molecule has 0 atom stereocenters. The third-order valence-corrected chi connectivity index (χ3v) is 5.73. The van der Waals surface area contributed by atoms with E-state index in [1.807, 2.05) is 30.3 Å². The van der Waals surface area contributed by atoms with Crippen LogP contribution in [-0.4, -0.2) is 49.4 Å². The Morgan fingerprint density at radius 2 is 1.68 bits per heavy atom. The number of halogens is 3. The van der Waals surface area contributed by atoms with Crippen LogP contribution in [-0.2, 0) is 18.1 Å². The minimum atomic E-state index is -4.48. The number of piperidine rings is 1. The highest BCUT2D eigenvalue weighted by Gasteiger charge is 2.42. The van der Waals surface area contributed by atoms with E-state index in [1.54, 1.807) is 0 Å². The van der Waals surface area contributed by atoms with Gasteiger partial charge >= 0.3 is 12.3 Å². The van der Waals surface area contributed by atoms with Crippen LogP contribution in [0.3, 0.4) is 0 Å². The Labute approximate surface area is 176 Å². The number of benzene rings is 2. The average Bonchev–Trinajstić information content (AvgIpc) is 3.23. The van der Waals surface area contributed by atoms with E-state index in [2.05, 4.69) is 15.4 Å². The van der Waals surface area contributed by atoms with Crippen LogP contribution in [0, 0.1) is 0 Å². The Morgan fingerprint density at radius 3 is 2.32 bits per heavy atom. The minimum absolute atomic E-state index is 0.0495. The fourth-order valence-corrected chi connectivity index (χ4v) is 4.07. The van der Waals surface area contributed by atoms with Crippen molar-refractivity contribution in [1.82, 2.24) is 25.1 Å². The topological polar surface area (TPSA) is 84.1 Å². The summed E-state index contributed by atoms with van der Waals surface area (Å²) in [4.78, 5) is 13.8. The maximum absolute atomic E-state index is 13.3. The number of alkyl halides is 3. The maximum Gasteiger partial charge on any atom is 0.416 e. The summed E-state index contributed by atoms with van der Waals surface area (Å²) < 4.78 is 39.9. The summed E-state index contributed by atoms with van der Waals surface area (Å²) in [7, 11) is 0. The van der Waals surface area contributed by atoms with Crippen LogP contribution in [0.15, 0.2) is 54.6 Å². The quantitative estimate of drug-likeness (QED) is 0.679. The summed E-state index contributed by atoms with van der Waals surface area (Å²) in [5.41, 5.74) is -0.417. The maximum atomic E-state index is 13.3. The Hall–Kier alpha value is -3.43. The predicted octanol–water partition coefficient (Wildman–Crippen LogP) is 3.80. The molecular formula is C21H20F3N5O2. The van der Waals surface area contributed by atoms with E-state index in [4.69, 9.17) is 0 Å². The van der Waals surface area contributed by atoms with E-state index in [1.165, 1.54) is 23.1 Å². The van der Waals surface area contributed by atoms with Gasteiger partial charge in [0.25, 0.3) is 0 Å². The molecule has 0 spiro atoms. The number of tetrazole rings is 1. The second kappa shape index (κ2) is 8.01. The lowest BCUT2D eigenvalue weighted by molar-refractivity contribution is -0.138. The number of aromatic nitrogens is 4. The van der Waals surface area contributed by atoms with Crippen LogP contribution in [0.2, 0.25) is 0 Å². The molecule has 1 N–H and O–H groups in total.